The highest BCUT2D eigenvalue weighted by atomic mass is 15.0. The molecule has 0 aliphatic heterocycles. The van der Waals surface area contributed by atoms with Crippen LogP contribution in [0.2, 0.25) is 0 Å². The van der Waals surface area contributed by atoms with Crippen molar-refractivity contribution in [2.75, 3.05) is 0 Å². The molecule has 0 bridgehead atoms. The molecule has 2 aliphatic rings. The van der Waals surface area contributed by atoms with Crippen molar-refractivity contribution in [3.05, 3.63) is 22.8 Å². The van der Waals surface area contributed by atoms with Crippen molar-refractivity contribution in [3.63, 3.8) is 0 Å². The lowest BCUT2D eigenvalue weighted by molar-refractivity contribution is 0.425. The molecule has 0 spiro atoms. The van der Waals surface area contributed by atoms with Crippen LogP contribution in [0.15, 0.2) is 0 Å². The normalized spacial score (nSPS) is 22.5. The SMILES string of the molecule is Cc1nc(C2(N)CCCC2)nc2c1CCCC2. The van der Waals surface area contributed by atoms with Gasteiger partial charge in [-0.05, 0) is 51.0 Å². The Morgan fingerprint density at radius 3 is 2.47 bits per heavy atom. The zero-order valence-corrected chi connectivity index (χ0v) is 10.6. The minimum atomic E-state index is -0.239. The highest BCUT2D eigenvalue weighted by molar-refractivity contribution is 5.29. The van der Waals surface area contributed by atoms with E-state index in [1.165, 1.54) is 42.6 Å². The smallest absolute Gasteiger partial charge is 0.148 e. The molecule has 3 rings (SSSR count). The Morgan fingerprint density at radius 2 is 1.71 bits per heavy atom. The predicted octanol–water partition coefficient (Wildman–Crippen LogP) is 2.39. The van der Waals surface area contributed by atoms with Gasteiger partial charge in [0.1, 0.15) is 5.82 Å². The number of aromatic nitrogens is 2. The maximum absolute atomic E-state index is 6.46. The summed E-state index contributed by atoms with van der Waals surface area (Å²) in [5.74, 6) is 0.910. The first kappa shape index (κ1) is 11.1. The number of hydrogen-bond donors (Lipinski definition) is 1. The van der Waals surface area contributed by atoms with E-state index >= 15 is 0 Å². The fourth-order valence-electron chi connectivity index (χ4n) is 3.23. The van der Waals surface area contributed by atoms with E-state index in [1.54, 1.807) is 0 Å². The first-order valence-electron chi connectivity index (χ1n) is 6.85. The van der Waals surface area contributed by atoms with Crippen LogP contribution >= 0.6 is 0 Å². The number of fused-ring (bicyclic) bond motifs is 1. The maximum Gasteiger partial charge on any atom is 0.148 e. The van der Waals surface area contributed by atoms with Crippen LogP contribution in [0.25, 0.3) is 0 Å². The zero-order chi connectivity index (χ0) is 11.9. The van der Waals surface area contributed by atoms with E-state index in [2.05, 4.69) is 6.92 Å². The molecule has 0 amide bonds. The molecule has 1 heterocycles. The molecule has 17 heavy (non-hydrogen) atoms. The van der Waals surface area contributed by atoms with Crippen LogP contribution in [0.5, 0.6) is 0 Å². The average molecular weight is 231 g/mol. The first-order chi connectivity index (χ1) is 8.19. The largest absolute Gasteiger partial charge is 0.319 e. The Labute approximate surface area is 103 Å². The number of nitrogens with zero attached hydrogens (tertiary/aromatic N) is 2. The molecule has 3 nitrogen and oxygen atoms in total. The van der Waals surface area contributed by atoms with E-state index in [4.69, 9.17) is 15.7 Å². The molecule has 0 atom stereocenters. The van der Waals surface area contributed by atoms with Gasteiger partial charge in [0.15, 0.2) is 0 Å². The van der Waals surface area contributed by atoms with Crippen molar-refractivity contribution in [2.24, 2.45) is 5.73 Å². The average Bonchev–Trinajstić information content (AvgIpc) is 2.78. The molecule has 92 valence electrons. The lowest BCUT2D eigenvalue weighted by Crippen LogP contribution is -2.36. The van der Waals surface area contributed by atoms with E-state index < -0.39 is 0 Å². The summed E-state index contributed by atoms with van der Waals surface area (Å²) in [5, 5.41) is 0. The van der Waals surface area contributed by atoms with Crippen molar-refractivity contribution in [1.29, 1.82) is 0 Å². The monoisotopic (exact) mass is 231 g/mol. The van der Waals surface area contributed by atoms with Gasteiger partial charge < -0.3 is 5.73 Å². The molecule has 0 radical (unpaired) electrons. The molecule has 1 aromatic rings. The first-order valence-corrected chi connectivity index (χ1v) is 6.85. The Kier molecular flexibility index (Phi) is 2.66. The summed E-state index contributed by atoms with van der Waals surface area (Å²) in [5.41, 5.74) is 10.1. The van der Waals surface area contributed by atoms with Gasteiger partial charge in [0.2, 0.25) is 0 Å². The van der Waals surface area contributed by atoms with Gasteiger partial charge in [-0.2, -0.15) is 0 Å². The molecule has 0 saturated heterocycles. The lowest BCUT2D eigenvalue weighted by atomic mass is 9.92. The molecule has 1 saturated carbocycles. The molecule has 1 aromatic heterocycles. The molecule has 3 heteroatoms. The van der Waals surface area contributed by atoms with Gasteiger partial charge in [-0.25, -0.2) is 9.97 Å². The fraction of sp³-hybridized carbons (Fsp3) is 0.714. The second-order valence-corrected chi connectivity index (χ2v) is 5.63. The van der Waals surface area contributed by atoms with Crippen LogP contribution in [0.1, 0.15) is 61.3 Å². The van der Waals surface area contributed by atoms with Crippen LogP contribution in [0, 0.1) is 6.92 Å². The predicted molar refractivity (Wildman–Crippen MR) is 67.7 cm³/mol. The minimum absolute atomic E-state index is 0.239. The van der Waals surface area contributed by atoms with Crippen LogP contribution in [0.3, 0.4) is 0 Å². The zero-order valence-electron chi connectivity index (χ0n) is 10.6. The van der Waals surface area contributed by atoms with Crippen molar-refractivity contribution in [1.82, 2.24) is 9.97 Å². The van der Waals surface area contributed by atoms with Gasteiger partial charge >= 0.3 is 0 Å². The molecule has 0 aromatic carbocycles. The number of aryl methyl sites for hydroxylation is 2. The molecule has 2 N–H and O–H groups in total. The molecule has 1 fully saturated rings. The lowest BCUT2D eigenvalue weighted by Gasteiger charge is -2.25. The van der Waals surface area contributed by atoms with E-state index in [1.807, 2.05) is 0 Å². The van der Waals surface area contributed by atoms with Crippen molar-refractivity contribution < 1.29 is 0 Å². The number of hydrogen-bond acceptors (Lipinski definition) is 3. The second kappa shape index (κ2) is 4.05. The summed E-state index contributed by atoms with van der Waals surface area (Å²) in [6, 6.07) is 0. The standard InChI is InChI=1S/C14H21N3/c1-10-11-6-2-3-7-12(11)17-13(16-10)14(15)8-4-5-9-14/h2-9,15H2,1H3. The summed E-state index contributed by atoms with van der Waals surface area (Å²) in [6.07, 6.45) is 9.34. The molecule has 2 aliphatic carbocycles. The summed E-state index contributed by atoms with van der Waals surface area (Å²) in [4.78, 5) is 9.50. The molecule has 0 unspecified atom stereocenters. The Balaban J connectivity index is 2.04. The van der Waals surface area contributed by atoms with E-state index in [0.29, 0.717) is 0 Å². The van der Waals surface area contributed by atoms with Gasteiger partial charge in [-0.1, -0.05) is 12.8 Å². The highest BCUT2D eigenvalue weighted by Gasteiger charge is 2.35. The van der Waals surface area contributed by atoms with Crippen LogP contribution < -0.4 is 5.73 Å². The summed E-state index contributed by atoms with van der Waals surface area (Å²) in [6.45, 7) is 2.12. The van der Waals surface area contributed by atoms with Crippen LogP contribution in [-0.2, 0) is 18.4 Å². The van der Waals surface area contributed by atoms with Gasteiger partial charge in [0, 0.05) is 11.4 Å². The quantitative estimate of drug-likeness (QED) is 0.807. The van der Waals surface area contributed by atoms with Crippen LogP contribution in [-0.4, -0.2) is 9.97 Å². The topological polar surface area (TPSA) is 51.8 Å². The molecular weight excluding hydrogens is 210 g/mol. The van der Waals surface area contributed by atoms with Crippen molar-refractivity contribution in [3.8, 4) is 0 Å². The fourth-order valence-corrected chi connectivity index (χ4v) is 3.23. The third-order valence-corrected chi connectivity index (χ3v) is 4.33. The summed E-state index contributed by atoms with van der Waals surface area (Å²) in [7, 11) is 0. The van der Waals surface area contributed by atoms with Gasteiger partial charge in [0.25, 0.3) is 0 Å². The Morgan fingerprint density at radius 1 is 1.00 bits per heavy atom. The third kappa shape index (κ3) is 1.86. The van der Waals surface area contributed by atoms with E-state index in [9.17, 15) is 0 Å². The van der Waals surface area contributed by atoms with Crippen molar-refractivity contribution >= 4 is 0 Å². The third-order valence-electron chi connectivity index (χ3n) is 4.33. The summed E-state index contributed by atoms with van der Waals surface area (Å²) < 4.78 is 0. The second-order valence-electron chi connectivity index (χ2n) is 5.63. The number of rotatable bonds is 1. The minimum Gasteiger partial charge on any atom is -0.319 e. The maximum atomic E-state index is 6.46. The van der Waals surface area contributed by atoms with Gasteiger partial charge in [0.05, 0.1) is 5.54 Å². The van der Waals surface area contributed by atoms with Crippen LogP contribution in [0.4, 0.5) is 0 Å². The van der Waals surface area contributed by atoms with E-state index in [0.717, 1.165) is 31.5 Å². The van der Waals surface area contributed by atoms with Crippen molar-refractivity contribution in [2.45, 2.75) is 63.8 Å². The highest BCUT2D eigenvalue weighted by Crippen LogP contribution is 2.35. The van der Waals surface area contributed by atoms with Gasteiger partial charge in [-0.3, -0.25) is 0 Å². The van der Waals surface area contributed by atoms with E-state index in [-0.39, 0.29) is 5.54 Å². The molecular formula is C14H21N3. The summed E-state index contributed by atoms with van der Waals surface area (Å²) >= 11 is 0. The Bertz CT molecular complexity index is 433. The Hall–Kier alpha value is -0.960. The number of nitrogens with two attached hydrogens (primary N) is 1. The van der Waals surface area contributed by atoms with Gasteiger partial charge in [-0.15, -0.1) is 0 Å².